The van der Waals surface area contributed by atoms with Gasteiger partial charge >= 0.3 is 0 Å². The van der Waals surface area contributed by atoms with Gasteiger partial charge in [-0.05, 0) is 31.2 Å². The van der Waals surface area contributed by atoms with Crippen LogP contribution in [0.1, 0.15) is 66.5 Å². The van der Waals surface area contributed by atoms with Crippen molar-refractivity contribution in [1.29, 1.82) is 0 Å². The molecule has 2 aromatic carbocycles. The van der Waals surface area contributed by atoms with Gasteiger partial charge in [-0.25, -0.2) is 17.2 Å². The van der Waals surface area contributed by atoms with E-state index in [-0.39, 0.29) is 29.9 Å². The van der Waals surface area contributed by atoms with Gasteiger partial charge in [-0.3, -0.25) is 0 Å². The van der Waals surface area contributed by atoms with E-state index in [1.165, 1.54) is 10.4 Å². The Morgan fingerprint density at radius 1 is 0.972 bits per heavy atom. The van der Waals surface area contributed by atoms with Crippen molar-refractivity contribution in [1.82, 2.24) is 19.1 Å². The highest BCUT2D eigenvalue weighted by Gasteiger charge is 2.48. The van der Waals surface area contributed by atoms with Gasteiger partial charge in [-0.1, -0.05) is 37.3 Å². The molecule has 0 saturated carbocycles. The Morgan fingerprint density at radius 3 is 2.36 bits per heavy atom. The van der Waals surface area contributed by atoms with Gasteiger partial charge in [-0.2, -0.15) is 4.31 Å². The first-order valence-corrected chi connectivity index (χ1v) is 14.0. The van der Waals surface area contributed by atoms with Crippen LogP contribution in [0.25, 0.3) is 0 Å². The largest absolute Gasteiger partial charge is 0.369 e. The third-order valence-electron chi connectivity index (χ3n) is 8.30. The summed E-state index contributed by atoms with van der Waals surface area (Å²) in [7, 11) is -3.72. The molecule has 3 aromatic rings. The van der Waals surface area contributed by atoms with Crippen molar-refractivity contribution < 1.29 is 17.2 Å². The van der Waals surface area contributed by atoms with Crippen molar-refractivity contribution in [3.63, 3.8) is 0 Å². The third-order valence-corrected chi connectivity index (χ3v) is 10.6. The summed E-state index contributed by atoms with van der Waals surface area (Å²) in [5.41, 5.74) is 1.51. The molecular weight excluding hydrogens is 484 g/mol. The zero-order chi connectivity index (χ0) is 25.0. The lowest BCUT2D eigenvalue weighted by molar-refractivity contribution is 0.214. The Balaban J connectivity index is 1.30. The van der Waals surface area contributed by atoms with Crippen molar-refractivity contribution in [3.8, 4) is 0 Å². The second-order valence-corrected chi connectivity index (χ2v) is 12.2. The second-order valence-electron chi connectivity index (χ2n) is 10.1. The van der Waals surface area contributed by atoms with Gasteiger partial charge < -0.3 is 9.47 Å². The predicted octanol–water partition coefficient (Wildman–Crippen LogP) is 4.55. The molecule has 3 atom stereocenters. The predicted molar refractivity (Wildman–Crippen MR) is 132 cm³/mol. The van der Waals surface area contributed by atoms with E-state index in [1.807, 2.05) is 46.7 Å². The Hall–Kier alpha value is -2.85. The van der Waals surface area contributed by atoms with Crippen LogP contribution in [0.5, 0.6) is 0 Å². The monoisotopic (exact) mass is 513 g/mol. The molecule has 0 radical (unpaired) electrons. The molecule has 2 fully saturated rings. The molecule has 0 aliphatic carbocycles. The highest BCUT2D eigenvalue weighted by Crippen LogP contribution is 2.48. The first-order chi connectivity index (χ1) is 17.4. The average molecular weight is 514 g/mol. The molecule has 36 heavy (non-hydrogen) atoms. The van der Waals surface area contributed by atoms with E-state index >= 15 is 8.78 Å². The number of halogens is 2. The Morgan fingerprint density at radius 2 is 1.67 bits per heavy atom. The molecule has 1 aromatic heterocycles. The maximum absolute atomic E-state index is 16.0. The lowest BCUT2D eigenvalue weighted by Crippen LogP contribution is -2.51. The molecule has 4 heterocycles. The van der Waals surface area contributed by atoms with E-state index in [1.54, 1.807) is 12.7 Å². The van der Waals surface area contributed by atoms with Gasteiger partial charge in [-0.15, -0.1) is 10.2 Å². The number of fused-ring (bicyclic) bond motifs is 2. The standard InChI is InChI=1S/C26H29F2N5O2S/c1-17-22-7-8-24(18-5-3-2-4-6-18)36(34,35)33(22)14-20-21(27)13-23(26(28)25(17)20)31-11-9-19(10-12-31)32-15-29-30-16-32/h2-6,13,15-17,19,22,24H,7-12,14H2,1H3/t17?,22-,24+/m1/s1. The van der Waals surface area contributed by atoms with Crippen LogP contribution >= 0.6 is 0 Å². The van der Waals surface area contributed by atoms with Crippen LogP contribution in [0.15, 0.2) is 49.1 Å². The fraction of sp³-hybridized carbons (Fsp3) is 0.462. The maximum Gasteiger partial charge on any atom is 0.221 e. The van der Waals surface area contributed by atoms with Crippen LogP contribution < -0.4 is 4.90 Å². The van der Waals surface area contributed by atoms with Crippen molar-refractivity contribution >= 4 is 15.7 Å². The summed E-state index contributed by atoms with van der Waals surface area (Å²) < 4.78 is 62.2. The Kier molecular flexibility index (Phi) is 5.83. The number of benzene rings is 2. The van der Waals surface area contributed by atoms with Crippen molar-refractivity contribution in [2.24, 2.45) is 0 Å². The van der Waals surface area contributed by atoms with Gasteiger partial charge in [0.25, 0.3) is 0 Å². The zero-order valence-corrected chi connectivity index (χ0v) is 20.9. The van der Waals surface area contributed by atoms with Gasteiger partial charge in [0.05, 0.1) is 5.69 Å². The number of hydrogen-bond acceptors (Lipinski definition) is 5. The number of aromatic nitrogens is 3. The van der Waals surface area contributed by atoms with Crippen molar-refractivity contribution in [3.05, 3.63) is 77.4 Å². The normalized spacial score (nSPS) is 26.4. The fourth-order valence-electron chi connectivity index (χ4n) is 6.37. The first kappa shape index (κ1) is 23.5. The molecule has 1 unspecified atom stereocenters. The number of piperidine rings is 1. The van der Waals surface area contributed by atoms with Crippen LogP contribution in [-0.4, -0.2) is 46.6 Å². The van der Waals surface area contributed by atoms with Crippen molar-refractivity contribution in [2.75, 3.05) is 18.0 Å². The van der Waals surface area contributed by atoms with Crippen LogP contribution in [0.2, 0.25) is 0 Å². The lowest BCUT2D eigenvalue weighted by Gasteiger charge is -2.46. The van der Waals surface area contributed by atoms with E-state index in [0.717, 1.165) is 18.4 Å². The molecule has 190 valence electrons. The van der Waals surface area contributed by atoms with Gasteiger partial charge in [0.15, 0.2) is 5.82 Å². The van der Waals surface area contributed by atoms with E-state index in [9.17, 15) is 8.42 Å². The molecule has 2 saturated heterocycles. The quantitative estimate of drug-likeness (QED) is 0.514. The third kappa shape index (κ3) is 3.73. The number of hydrogen-bond donors (Lipinski definition) is 0. The summed E-state index contributed by atoms with van der Waals surface area (Å²) in [4.78, 5) is 1.90. The topological polar surface area (TPSA) is 71.3 Å². The summed E-state index contributed by atoms with van der Waals surface area (Å²) in [6.07, 6.45) is 6.01. The minimum Gasteiger partial charge on any atom is -0.369 e. The highest BCUT2D eigenvalue weighted by atomic mass is 32.2. The number of anilines is 1. The zero-order valence-electron chi connectivity index (χ0n) is 20.1. The van der Waals surface area contributed by atoms with Crippen molar-refractivity contribution in [2.45, 2.75) is 62.4 Å². The average Bonchev–Trinajstić information content (AvgIpc) is 3.42. The molecule has 10 heteroatoms. The molecule has 7 nitrogen and oxygen atoms in total. The molecule has 0 bridgehead atoms. The lowest BCUT2D eigenvalue weighted by atomic mass is 9.82. The summed E-state index contributed by atoms with van der Waals surface area (Å²) in [5.74, 6) is -1.39. The van der Waals surface area contributed by atoms with Crippen LogP contribution in [0.4, 0.5) is 14.5 Å². The Labute approximate surface area is 209 Å². The number of rotatable bonds is 3. The smallest absolute Gasteiger partial charge is 0.221 e. The van der Waals surface area contributed by atoms with E-state index in [4.69, 9.17) is 0 Å². The molecule has 3 aliphatic heterocycles. The molecule has 6 rings (SSSR count). The first-order valence-electron chi connectivity index (χ1n) is 12.5. The van der Waals surface area contributed by atoms with Crippen LogP contribution in [0, 0.1) is 11.6 Å². The van der Waals surface area contributed by atoms with Gasteiger partial charge in [0.2, 0.25) is 10.0 Å². The minimum absolute atomic E-state index is 0.130. The number of sulfonamides is 1. The number of nitrogens with zero attached hydrogens (tertiary/aromatic N) is 5. The molecule has 3 aliphatic rings. The van der Waals surface area contributed by atoms with Gasteiger partial charge in [0.1, 0.15) is 23.7 Å². The summed E-state index contributed by atoms with van der Waals surface area (Å²) >= 11 is 0. The molecule has 0 amide bonds. The highest BCUT2D eigenvalue weighted by molar-refractivity contribution is 7.89. The maximum atomic E-state index is 16.0. The van der Waals surface area contributed by atoms with Crippen LogP contribution in [-0.2, 0) is 16.6 Å². The minimum atomic E-state index is -3.72. The Bertz CT molecular complexity index is 1360. The summed E-state index contributed by atoms with van der Waals surface area (Å²) in [6, 6.07) is 10.3. The fourth-order valence-corrected chi connectivity index (χ4v) is 8.60. The van der Waals surface area contributed by atoms with Crippen LogP contribution in [0.3, 0.4) is 0 Å². The van der Waals surface area contributed by atoms with E-state index < -0.39 is 32.8 Å². The van der Waals surface area contributed by atoms with E-state index in [0.29, 0.717) is 31.5 Å². The molecular formula is C26H29F2N5O2S. The molecule has 0 N–H and O–H groups in total. The van der Waals surface area contributed by atoms with Gasteiger partial charge in [0, 0.05) is 54.8 Å². The van der Waals surface area contributed by atoms with E-state index in [2.05, 4.69) is 10.2 Å². The summed E-state index contributed by atoms with van der Waals surface area (Å²) in [5, 5.41) is 7.07. The summed E-state index contributed by atoms with van der Waals surface area (Å²) in [6.45, 7) is 2.89. The SMILES string of the molecule is CC1c2c(F)c(N3CCC(n4cnnc4)CC3)cc(F)c2CN2[C@@H]1CC[C@@H](c1ccccc1)S2(=O)=O. The second kappa shape index (κ2) is 8.92. The molecule has 0 spiro atoms.